The first-order chi connectivity index (χ1) is 7.91. The Labute approximate surface area is 112 Å². The summed E-state index contributed by atoms with van der Waals surface area (Å²) in [4.78, 5) is 11.8. The van der Waals surface area contributed by atoms with E-state index in [2.05, 4.69) is 11.9 Å². The van der Waals surface area contributed by atoms with Gasteiger partial charge in [-0.05, 0) is 31.0 Å². The Morgan fingerprint density at radius 1 is 1.47 bits per heavy atom. The second kappa shape index (κ2) is 6.08. The van der Waals surface area contributed by atoms with Crippen molar-refractivity contribution < 1.29 is 4.79 Å². The van der Waals surface area contributed by atoms with Gasteiger partial charge in [-0.2, -0.15) is 0 Å². The number of hydrogen-bond donors (Lipinski definition) is 1. The fourth-order valence-electron chi connectivity index (χ4n) is 1.19. The number of nitrogens with one attached hydrogen (secondary N) is 1. The summed E-state index contributed by atoms with van der Waals surface area (Å²) in [7, 11) is 0. The zero-order valence-corrected chi connectivity index (χ0v) is 11.4. The molecule has 1 N–H and O–H groups in total. The fraction of sp³-hybridized carbons (Fsp3) is 0.308. The summed E-state index contributed by atoms with van der Waals surface area (Å²) >= 11 is 11.7. The highest BCUT2D eigenvalue weighted by Crippen LogP contribution is 2.20. The van der Waals surface area contributed by atoms with Crippen LogP contribution in [0.4, 0.5) is 0 Å². The maximum absolute atomic E-state index is 11.8. The number of hydrogen-bond acceptors (Lipinski definition) is 1. The molecule has 17 heavy (non-hydrogen) atoms. The molecule has 4 heteroatoms. The molecule has 1 rings (SSSR count). The average Bonchev–Trinajstić information content (AvgIpc) is 2.25. The number of benzene rings is 1. The van der Waals surface area contributed by atoms with Crippen molar-refractivity contribution in [3.63, 3.8) is 0 Å². The third kappa shape index (κ3) is 4.06. The molecule has 0 bridgehead atoms. The minimum atomic E-state index is -0.195. The molecule has 92 valence electrons. The van der Waals surface area contributed by atoms with Gasteiger partial charge in [0.25, 0.3) is 5.91 Å². The Bertz CT molecular complexity index is 443. The predicted octanol–water partition coefficient (Wildman–Crippen LogP) is 3.94. The summed E-state index contributed by atoms with van der Waals surface area (Å²) in [5.74, 6) is 0.0461. The SMILES string of the molecule is C=C(C)C(C)CNC(=O)c1ccc(Cl)cc1Cl. The Morgan fingerprint density at radius 3 is 2.65 bits per heavy atom. The number of carbonyl (C=O) groups is 1. The maximum Gasteiger partial charge on any atom is 0.252 e. The number of rotatable bonds is 4. The van der Waals surface area contributed by atoms with Gasteiger partial charge in [-0.15, -0.1) is 0 Å². The summed E-state index contributed by atoms with van der Waals surface area (Å²) in [6.07, 6.45) is 0. The summed E-state index contributed by atoms with van der Waals surface area (Å²) < 4.78 is 0. The first kappa shape index (κ1) is 14.1. The summed E-state index contributed by atoms with van der Waals surface area (Å²) in [5.41, 5.74) is 1.47. The van der Waals surface area contributed by atoms with Crippen LogP contribution >= 0.6 is 23.2 Å². The largest absolute Gasteiger partial charge is 0.351 e. The lowest BCUT2D eigenvalue weighted by Gasteiger charge is -2.12. The normalized spacial score (nSPS) is 12.0. The van der Waals surface area contributed by atoms with Crippen molar-refractivity contribution >= 4 is 29.1 Å². The molecule has 1 aromatic rings. The molecule has 0 spiro atoms. The van der Waals surface area contributed by atoms with E-state index in [9.17, 15) is 4.79 Å². The Hall–Kier alpha value is -0.990. The van der Waals surface area contributed by atoms with Crippen LogP contribution in [-0.2, 0) is 0 Å². The highest BCUT2D eigenvalue weighted by molar-refractivity contribution is 6.36. The lowest BCUT2D eigenvalue weighted by atomic mass is 10.0. The van der Waals surface area contributed by atoms with E-state index in [4.69, 9.17) is 23.2 Å². The molecule has 1 aromatic carbocycles. The van der Waals surface area contributed by atoms with E-state index in [1.807, 2.05) is 13.8 Å². The second-order valence-corrected chi connectivity index (χ2v) is 4.93. The van der Waals surface area contributed by atoms with Gasteiger partial charge in [-0.1, -0.05) is 42.3 Å². The van der Waals surface area contributed by atoms with E-state index in [0.717, 1.165) is 5.57 Å². The molecule has 0 saturated carbocycles. The molecule has 1 amide bonds. The van der Waals surface area contributed by atoms with Crippen molar-refractivity contribution in [3.8, 4) is 0 Å². The van der Waals surface area contributed by atoms with E-state index < -0.39 is 0 Å². The molecule has 0 heterocycles. The second-order valence-electron chi connectivity index (χ2n) is 4.08. The van der Waals surface area contributed by atoms with Gasteiger partial charge in [0.1, 0.15) is 0 Å². The van der Waals surface area contributed by atoms with E-state index in [0.29, 0.717) is 22.2 Å². The molecule has 0 fully saturated rings. The van der Waals surface area contributed by atoms with Crippen molar-refractivity contribution in [2.24, 2.45) is 5.92 Å². The van der Waals surface area contributed by atoms with Crippen LogP contribution in [0.3, 0.4) is 0 Å². The van der Waals surface area contributed by atoms with Crippen molar-refractivity contribution in [1.29, 1.82) is 0 Å². The molecule has 0 aromatic heterocycles. The predicted molar refractivity (Wildman–Crippen MR) is 72.8 cm³/mol. The summed E-state index contributed by atoms with van der Waals surface area (Å²) in [5, 5.41) is 3.69. The molecule has 1 atom stereocenters. The van der Waals surface area contributed by atoms with Crippen LogP contribution in [0.5, 0.6) is 0 Å². The van der Waals surface area contributed by atoms with Crippen molar-refractivity contribution in [2.75, 3.05) is 6.54 Å². The smallest absolute Gasteiger partial charge is 0.252 e. The van der Waals surface area contributed by atoms with Crippen LogP contribution in [0.2, 0.25) is 10.0 Å². The van der Waals surface area contributed by atoms with E-state index in [1.54, 1.807) is 18.2 Å². The molecular weight excluding hydrogens is 257 g/mol. The van der Waals surface area contributed by atoms with Gasteiger partial charge >= 0.3 is 0 Å². The molecule has 1 unspecified atom stereocenters. The third-order valence-electron chi connectivity index (χ3n) is 2.59. The first-order valence-corrected chi connectivity index (χ1v) is 6.06. The number of halogens is 2. The zero-order valence-electron chi connectivity index (χ0n) is 9.89. The van der Waals surface area contributed by atoms with Crippen LogP contribution in [-0.4, -0.2) is 12.5 Å². The monoisotopic (exact) mass is 271 g/mol. The Balaban J connectivity index is 2.67. The van der Waals surface area contributed by atoms with Gasteiger partial charge < -0.3 is 5.32 Å². The topological polar surface area (TPSA) is 29.1 Å². The fourth-order valence-corrected chi connectivity index (χ4v) is 1.68. The van der Waals surface area contributed by atoms with E-state index in [-0.39, 0.29) is 11.8 Å². The standard InChI is InChI=1S/C13H15Cl2NO/c1-8(2)9(3)7-16-13(17)11-5-4-10(14)6-12(11)15/h4-6,9H,1,7H2,2-3H3,(H,16,17). The molecule has 0 saturated heterocycles. The zero-order chi connectivity index (χ0) is 13.0. The van der Waals surface area contributed by atoms with Crippen molar-refractivity contribution in [1.82, 2.24) is 5.32 Å². The van der Waals surface area contributed by atoms with Crippen molar-refractivity contribution in [3.05, 3.63) is 46.0 Å². The van der Waals surface area contributed by atoms with Crippen LogP contribution in [0, 0.1) is 5.92 Å². The maximum atomic E-state index is 11.8. The first-order valence-electron chi connectivity index (χ1n) is 5.30. The highest BCUT2D eigenvalue weighted by Gasteiger charge is 2.11. The minimum absolute atomic E-state index is 0.195. The van der Waals surface area contributed by atoms with E-state index >= 15 is 0 Å². The molecule has 0 radical (unpaired) electrons. The third-order valence-corrected chi connectivity index (χ3v) is 3.13. The number of amides is 1. The molecule has 0 aliphatic rings. The van der Waals surface area contributed by atoms with Gasteiger partial charge in [-0.3, -0.25) is 4.79 Å². The molecular formula is C13H15Cl2NO. The Morgan fingerprint density at radius 2 is 2.12 bits per heavy atom. The van der Waals surface area contributed by atoms with Gasteiger partial charge in [0.15, 0.2) is 0 Å². The average molecular weight is 272 g/mol. The van der Waals surface area contributed by atoms with Gasteiger partial charge in [0.05, 0.1) is 10.6 Å². The van der Waals surface area contributed by atoms with Crippen LogP contribution in [0.15, 0.2) is 30.4 Å². The Kier molecular flexibility index (Phi) is 5.03. The van der Waals surface area contributed by atoms with Crippen LogP contribution < -0.4 is 5.32 Å². The summed E-state index contributed by atoms with van der Waals surface area (Å²) in [6.45, 7) is 8.33. The molecule has 0 aliphatic heterocycles. The van der Waals surface area contributed by atoms with E-state index in [1.165, 1.54) is 0 Å². The molecule has 2 nitrogen and oxygen atoms in total. The summed E-state index contributed by atoms with van der Waals surface area (Å²) in [6, 6.07) is 4.82. The lowest BCUT2D eigenvalue weighted by Crippen LogP contribution is -2.28. The lowest BCUT2D eigenvalue weighted by molar-refractivity contribution is 0.0950. The quantitative estimate of drug-likeness (QED) is 0.826. The van der Waals surface area contributed by atoms with Gasteiger partial charge in [0, 0.05) is 11.6 Å². The number of carbonyl (C=O) groups excluding carboxylic acids is 1. The van der Waals surface area contributed by atoms with Crippen LogP contribution in [0.1, 0.15) is 24.2 Å². The molecule has 0 aliphatic carbocycles. The van der Waals surface area contributed by atoms with Gasteiger partial charge in [0.2, 0.25) is 0 Å². The van der Waals surface area contributed by atoms with Crippen molar-refractivity contribution in [2.45, 2.75) is 13.8 Å². The van der Waals surface area contributed by atoms with Crippen LogP contribution in [0.25, 0.3) is 0 Å². The minimum Gasteiger partial charge on any atom is -0.351 e. The van der Waals surface area contributed by atoms with Gasteiger partial charge in [-0.25, -0.2) is 0 Å². The highest BCUT2D eigenvalue weighted by atomic mass is 35.5.